The van der Waals surface area contributed by atoms with Crippen LogP contribution in [0.2, 0.25) is 5.02 Å². The molecule has 0 spiro atoms. The lowest BCUT2D eigenvalue weighted by molar-refractivity contribution is -0.119. The molecule has 3 N–H and O–H groups in total. The molecule has 0 fully saturated rings. The summed E-state index contributed by atoms with van der Waals surface area (Å²) in [7, 11) is 0. The fourth-order valence-electron chi connectivity index (χ4n) is 2.32. The third-order valence-corrected chi connectivity index (χ3v) is 4.94. The van der Waals surface area contributed by atoms with Crippen LogP contribution in [0.25, 0.3) is 11.4 Å². The van der Waals surface area contributed by atoms with Gasteiger partial charge in [-0.2, -0.15) is 0 Å². The molecular formula is C17H16ClN5O3S. The maximum absolute atomic E-state index is 12.0. The number of benzene rings is 1. The maximum Gasteiger partial charge on any atom is 0.318 e. The molecule has 0 aliphatic rings. The van der Waals surface area contributed by atoms with Crippen LogP contribution in [0.15, 0.2) is 52.2 Å². The van der Waals surface area contributed by atoms with E-state index in [1.165, 1.54) is 0 Å². The van der Waals surface area contributed by atoms with E-state index in [9.17, 15) is 9.59 Å². The summed E-state index contributed by atoms with van der Waals surface area (Å²) in [6.07, 6.45) is 1.58. The zero-order valence-corrected chi connectivity index (χ0v) is 15.8. The number of carbonyl (C=O) groups is 2. The van der Waals surface area contributed by atoms with Crippen LogP contribution in [-0.4, -0.2) is 32.0 Å². The number of nitrogens with zero attached hydrogens (tertiary/aromatic N) is 3. The number of nitrogens with one attached hydrogen (secondary N) is 1. The van der Waals surface area contributed by atoms with E-state index in [0.717, 1.165) is 17.3 Å². The molecule has 0 aliphatic heterocycles. The van der Waals surface area contributed by atoms with Gasteiger partial charge in [-0.3, -0.25) is 14.7 Å². The molecular weight excluding hydrogens is 390 g/mol. The molecule has 3 aromatic rings. The molecule has 10 heteroatoms. The van der Waals surface area contributed by atoms with Crippen molar-refractivity contribution in [3.05, 3.63) is 53.4 Å². The Hall–Kier alpha value is -2.78. The summed E-state index contributed by atoms with van der Waals surface area (Å²) in [6, 6.07) is 9.93. The summed E-state index contributed by atoms with van der Waals surface area (Å²) in [5.41, 5.74) is 5.82. The van der Waals surface area contributed by atoms with E-state index < -0.39 is 17.2 Å². The average Bonchev–Trinajstić information content (AvgIpc) is 3.26. The fourth-order valence-corrected chi connectivity index (χ4v) is 3.30. The molecule has 0 radical (unpaired) electrons. The van der Waals surface area contributed by atoms with Gasteiger partial charge in [-0.05, 0) is 43.3 Å². The number of primary amides is 1. The van der Waals surface area contributed by atoms with Crippen LogP contribution in [0.5, 0.6) is 0 Å². The zero-order valence-electron chi connectivity index (χ0n) is 14.3. The summed E-state index contributed by atoms with van der Waals surface area (Å²) in [6.45, 7) is 2.03. The molecule has 2 heterocycles. The normalized spacial score (nSPS) is 11.9. The molecule has 27 heavy (non-hydrogen) atoms. The summed E-state index contributed by atoms with van der Waals surface area (Å²) in [5, 5.41) is 11.0. The van der Waals surface area contributed by atoms with Crippen LogP contribution in [-0.2, 0) is 11.3 Å². The van der Waals surface area contributed by atoms with Crippen molar-refractivity contribution in [2.45, 2.75) is 23.9 Å². The lowest BCUT2D eigenvalue weighted by Crippen LogP contribution is -2.39. The quantitative estimate of drug-likeness (QED) is 0.609. The fraction of sp³-hybridized carbons (Fsp3) is 0.176. The first-order valence-electron chi connectivity index (χ1n) is 7.92. The monoisotopic (exact) mass is 405 g/mol. The van der Waals surface area contributed by atoms with E-state index in [1.807, 2.05) is 22.8 Å². The average molecular weight is 406 g/mol. The van der Waals surface area contributed by atoms with Gasteiger partial charge in [0.1, 0.15) is 5.76 Å². The first-order valence-corrected chi connectivity index (χ1v) is 9.18. The Morgan fingerprint density at radius 3 is 2.67 bits per heavy atom. The first-order chi connectivity index (χ1) is 12.9. The first kappa shape index (κ1) is 19.0. The third-order valence-electron chi connectivity index (χ3n) is 3.61. The number of urea groups is 1. The number of hydrogen-bond acceptors (Lipinski definition) is 6. The topological polar surface area (TPSA) is 116 Å². The lowest BCUT2D eigenvalue weighted by atomic mass is 10.2. The summed E-state index contributed by atoms with van der Waals surface area (Å²) >= 11 is 7.12. The Morgan fingerprint density at radius 1 is 1.30 bits per heavy atom. The van der Waals surface area contributed by atoms with Crippen molar-refractivity contribution >= 4 is 35.3 Å². The molecule has 3 rings (SSSR count). The second-order valence-corrected chi connectivity index (χ2v) is 7.34. The highest BCUT2D eigenvalue weighted by Gasteiger charge is 2.22. The van der Waals surface area contributed by atoms with Gasteiger partial charge >= 0.3 is 6.03 Å². The highest BCUT2D eigenvalue weighted by Crippen LogP contribution is 2.28. The van der Waals surface area contributed by atoms with Gasteiger partial charge < -0.3 is 10.2 Å². The molecule has 0 saturated carbocycles. The van der Waals surface area contributed by atoms with E-state index in [2.05, 4.69) is 15.5 Å². The second kappa shape index (κ2) is 8.28. The van der Waals surface area contributed by atoms with Crippen LogP contribution < -0.4 is 11.1 Å². The van der Waals surface area contributed by atoms with E-state index in [0.29, 0.717) is 28.3 Å². The number of imide groups is 1. The molecule has 8 nitrogen and oxygen atoms in total. The standard InChI is InChI=1S/C17H16ClN5O3S/c1-10(15(24)20-16(19)25)27-17-22-21-14(11-4-6-12(18)7-5-11)23(17)9-13-3-2-8-26-13/h2-8,10H,9H2,1H3,(H3,19,20,24,25)/t10-/m0/s1. The molecule has 1 aromatic carbocycles. The van der Waals surface area contributed by atoms with Crippen LogP contribution in [0.1, 0.15) is 12.7 Å². The van der Waals surface area contributed by atoms with Crippen LogP contribution in [0.4, 0.5) is 4.79 Å². The van der Waals surface area contributed by atoms with Gasteiger partial charge in [0.05, 0.1) is 18.1 Å². The van der Waals surface area contributed by atoms with E-state index in [-0.39, 0.29) is 0 Å². The SMILES string of the molecule is C[C@H](Sc1nnc(-c2ccc(Cl)cc2)n1Cc1ccco1)C(=O)NC(N)=O. The largest absolute Gasteiger partial charge is 0.467 e. The van der Waals surface area contributed by atoms with Gasteiger partial charge in [0.2, 0.25) is 5.91 Å². The number of amides is 3. The zero-order chi connectivity index (χ0) is 19.4. The van der Waals surface area contributed by atoms with Crippen LogP contribution in [0.3, 0.4) is 0 Å². The number of rotatable bonds is 6. The van der Waals surface area contributed by atoms with Crippen molar-refractivity contribution in [2.75, 3.05) is 0 Å². The number of thioether (sulfide) groups is 1. The maximum atomic E-state index is 12.0. The molecule has 3 amide bonds. The molecule has 140 valence electrons. The van der Waals surface area contributed by atoms with Crippen LogP contribution >= 0.6 is 23.4 Å². The molecule has 2 aromatic heterocycles. The number of furan rings is 1. The Labute approximate surface area is 164 Å². The summed E-state index contributed by atoms with van der Waals surface area (Å²) in [5.74, 6) is 0.808. The van der Waals surface area contributed by atoms with E-state index in [1.54, 1.807) is 31.4 Å². The lowest BCUT2D eigenvalue weighted by Gasteiger charge is -2.12. The van der Waals surface area contributed by atoms with E-state index in [4.69, 9.17) is 21.8 Å². The van der Waals surface area contributed by atoms with Crippen molar-refractivity contribution in [3.63, 3.8) is 0 Å². The summed E-state index contributed by atoms with van der Waals surface area (Å²) < 4.78 is 7.26. The Kier molecular flexibility index (Phi) is 5.82. The van der Waals surface area contributed by atoms with Gasteiger partial charge in [-0.15, -0.1) is 10.2 Å². The van der Waals surface area contributed by atoms with Gasteiger partial charge in [0.15, 0.2) is 11.0 Å². The second-order valence-electron chi connectivity index (χ2n) is 5.59. The van der Waals surface area contributed by atoms with Gasteiger partial charge in [-0.1, -0.05) is 23.4 Å². The number of carbonyl (C=O) groups excluding carboxylic acids is 2. The van der Waals surface area contributed by atoms with Gasteiger partial charge in [0, 0.05) is 10.6 Å². The highest BCUT2D eigenvalue weighted by molar-refractivity contribution is 8.00. The number of nitrogens with two attached hydrogens (primary N) is 1. The Balaban J connectivity index is 1.92. The number of hydrogen-bond donors (Lipinski definition) is 2. The highest BCUT2D eigenvalue weighted by atomic mass is 35.5. The molecule has 0 aliphatic carbocycles. The Bertz CT molecular complexity index is 940. The number of aromatic nitrogens is 3. The third kappa shape index (κ3) is 4.69. The number of halogens is 1. The molecule has 0 saturated heterocycles. The van der Waals surface area contributed by atoms with Crippen LogP contribution in [0, 0.1) is 0 Å². The predicted molar refractivity (Wildman–Crippen MR) is 101 cm³/mol. The van der Waals surface area contributed by atoms with Crippen molar-refractivity contribution < 1.29 is 14.0 Å². The molecule has 1 atom stereocenters. The van der Waals surface area contributed by atoms with Crippen molar-refractivity contribution in [1.82, 2.24) is 20.1 Å². The van der Waals surface area contributed by atoms with E-state index >= 15 is 0 Å². The minimum absolute atomic E-state index is 0.379. The van der Waals surface area contributed by atoms with Gasteiger partial charge in [-0.25, -0.2) is 4.79 Å². The Morgan fingerprint density at radius 2 is 2.04 bits per heavy atom. The molecule has 0 unspecified atom stereocenters. The predicted octanol–water partition coefficient (Wildman–Crippen LogP) is 2.92. The van der Waals surface area contributed by atoms with Crippen molar-refractivity contribution in [2.24, 2.45) is 5.73 Å². The van der Waals surface area contributed by atoms with Gasteiger partial charge in [0.25, 0.3) is 0 Å². The smallest absolute Gasteiger partial charge is 0.318 e. The molecule has 0 bridgehead atoms. The van der Waals surface area contributed by atoms with Crippen molar-refractivity contribution in [1.29, 1.82) is 0 Å². The summed E-state index contributed by atoms with van der Waals surface area (Å²) in [4.78, 5) is 22.9. The minimum atomic E-state index is -0.897. The van der Waals surface area contributed by atoms with Crippen molar-refractivity contribution in [3.8, 4) is 11.4 Å². The minimum Gasteiger partial charge on any atom is -0.467 e.